The lowest BCUT2D eigenvalue weighted by atomic mass is 10.1. The first-order valence-corrected chi connectivity index (χ1v) is 10.9. The van der Waals surface area contributed by atoms with Crippen LogP contribution in [-0.4, -0.2) is 33.8 Å². The van der Waals surface area contributed by atoms with Crippen LogP contribution in [-0.2, 0) is 24.2 Å². The Bertz CT molecular complexity index is 1050. The third kappa shape index (κ3) is 4.11. The first kappa shape index (κ1) is 20.2. The highest BCUT2D eigenvalue weighted by Gasteiger charge is 2.28. The average Bonchev–Trinajstić information content (AvgIpc) is 3.36. The van der Waals surface area contributed by atoms with Crippen molar-refractivity contribution in [2.45, 2.75) is 51.6 Å². The van der Waals surface area contributed by atoms with Crippen molar-refractivity contribution in [1.29, 1.82) is 5.41 Å². The Labute approximate surface area is 178 Å². The van der Waals surface area contributed by atoms with Crippen molar-refractivity contribution < 1.29 is 4.79 Å². The zero-order valence-electron chi connectivity index (χ0n) is 17.6. The van der Waals surface area contributed by atoms with E-state index >= 15 is 0 Å². The van der Waals surface area contributed by atoms with E-state index in [-0.39, 0.29) is 11.7 Å². The number of fused-ring (bicyclic) bond motifs is 1. The molecule has 5 heteroatoms. The summed E-state index contributed by atoms with van der Waals surface area (Å²) in [7, 11) is 0. The third-order valence-electron chi connectivity index (χ3n) is 6.25. The molecule has 0 bridgehead atoms. The number of likely N-dealkylation sites (tertiary alicyclic amines) is 1. The number of carbonyl (C=O) groups is 1. The van der Waals surface area contributed by atoms with Gasteiger partial charge in [0.25, 0.3) is 0 Å². The van der Waals surface area contributed by atoms with Crippen molar-refractivity contribution >= 4 is 22.6 Å². The number of nitrogens with one attached hydrogen (secondary N) is 1. The van der Waals surface area contributed by atoms with Crippen LogP contribution in [0.4, 0.5) is 0 Å². The van der Waals surface area contributed by atoms with E-state index < -0.39 is 0 Å². The van der Waals surface area contributed by atoms with Gasteiger partial charge >= 0.3 is 0 Å². The van der Waals surface area contributed by atoms with Crippen molar-refractivity contribution in [3.8, 4) is 0 Å². The zero-order valence-corrected chi connectivity index (χ0v) is 17.6. The van der Waals surface area contributed by atoms with E-state index in [1.54, 1.807) is 0 Å². The molecule has 1 fully saturated rings. The van der Waals surface area contributed by atoms with E-state index in [1.807, 2.05) is 48.5 Å². The fourth-order valence-electron chi connectivity index (χ4n) is 4.71. The zero-order chi connectivity index (χ0) is 21.1. The Morgan fingerprint density at radius 2 is 1.97 bits per heavy atom. The minimum absolute atomic E-state index is 0.0980. The molecule has 5 nitrogen and oxygen atoms in total. The number of amides is 1. The van der Waals surface area contributed by atoms with Crippen LogP contribution in [0.5, 0.6) is 0 Å². The van der Waals surface area contributed by atoms with Gasteiger partial charge in [0.1, 0.15) is 5.84 Å². The first-order chi connectivity index (χ1) is 14.6. The number of aromatic nitrogens is 1. The summed E-state index contributed by atoms with van der Waals surface area (Å²) in [5, 5.41) is 8.89. The van der Waals surface area contributed by atoms with Gasteiger partial charge in [-0.15, -0.1) is 0 Å². The smallest absolute Gasteiger partial charge is 0.227 e. The molecular formula is C25H30N4O. The maximum atomic E-state index is 12.9. The molecule has 156 valence electrons. The second-order valence-electron chi connectivity index (χ2n) is 8.15. The molecule has 1 amide bonds. The molecule has 0 unspecified atom stereocenters. The molecule has 0 saturated carbocycles. The Kier molecular flexibility index (Phi) is 5.88. The molecule has 2 heterocycles. The number of carbonyl (C=O) groups excluding carboxylic acids is 1. The molecule has 1 aliphatic heterocycles. The van der Waals surface area contributed by atoms with Crippen LogP contribution in [0.15, 0.2) is 54.6 Å². The van der Waals surface area contributed by atoms with Gasteiger partial charge in [0.2, 0.25) is 5.91 Å². The van der Waals surface area contributed by atoms with Crippen molar-refractivity contribution in [2.75, 3.05) is 6.54 Å². The van der Waals surface area contributed by atoms with E-state index in [1.165, 1.54) is 11.1 Å². The summed E-state index contributed by atoms with van der Waals surface area (Å²) in [6, 6.07) is 18.6. The molecule has 3 aromatic rings. The van der Waals surface area contributed by atoms with E-state index in [0.29, 0.717) is 12.5 Å². The van der Waals surface area contributed by atoms with Gasteiger partial charge in [-0.25, -0.2) is 0 Å². The second kappa shape index (κ2) is 8.74. The highest BCUT2D eigenvalue weighted by Crippen LogP contribution is 2.26. The Balaban J connectivity index is 1.47. The predicted molar refractivity (Wildman–Crippen MR) is 122 cm³/mol. The second-order valence-corrected chi connectivity index (χ2v) is 8.15. The number of rotatable bonds is 7. The van der Waals surface area contributed by atoms with Gasteiger partial charge in [-0.05, 0) is 55.7 Å². The minimum Gasteiger partial charge on any atom is -0.384 e. The van der Waals surface area contributed by atoms with E-state index in [4.69, 9.17) is 11.1 Å². The number of hydrogen-bond acceptors (Lipinski definition) is 2. The Morgan fingerprint density at radius 1 is 1.17 bits per heavy atom. The van der Waals surface area contributed by atoms with Crippen LogP contribution in [0, 0.1) is 5.41 Å². The number of hydrogen-bond donors (Lipinski definition) is 2. The lowest BCUT2D eigenvalue weighted by molar-refractivity contribution is -0.131. The molecule has 1 aliphatic rings. The van der Waals surface area contributed by atoms with E-state index in [2.05, 4.69) is 22.5 Å². The van der Waals surface area contributed by atoms with E-state index in [0.717, 1.165) is 55.4 Å². The summed E-state index contributed by atoms with van der Waals surface area (Å²) in [5.74, 6) is 0.340. The Hall–Kier alpha value is -3.08. The fourth-order valence-corrected chi connectivity index (χ4v) is 4.71. The Morgan fingerprint density at radius 3 is 2.70 bits per heavy atom. The molecular weight excluding hydrogens is 372 g/mol. The lowest BCUT2D eigenvalue weighted by Crippen LogP contribution is -2.36. The van der Waals surface area contributed by atoms with Crippen LogP contribution in [0.1, 0.15) is 43.0 Å². The van der Waals surface area contributed by atoms with Gasteiger partial charge in [0, 0.05) is 35.9 Å². The van der Waals surface area contributed by atoms with E-state index in [9.17, 15) is 4.79 Å². The highest BCUT2D eigenvalue weighted by molar-refractivity contribution is 5.98. The number of nitrogens with two attached hydrogens (primary N) is 1. The van der Waals surface area contributed by atoms with Gasteiger partial charge in [-0.3, -0.25) is 10.2 Å². The summed E-state index contributed by atoms with van der Waals surface area (Å²) < 4.78 is 2.31. The average molecular weight is 403 g/mol. The summed E-state index contributed by atoms with van der Waals surface area (Å²) >= 11 is 0. The van der Waals surface area contributed by atoms with Crippen LogP contribution in [0.25, 0.3) is 10.9 Å². The monoisotopic (exact) mass is 402 g/mol. The van der Waals surface area contributed by atoms with Gasteiger partial charge in [-0.2, -0.15) is 0 Å². The normalized spacial score (nSPS) is 16.3. The van der Waals surface area contributed by atoms with Crippen LogP contribution >= 0.6 is 0 Å². The largest absolute Gasteiger partial charge is 0.384 e. The third-order valence-corrected chi connectivity index (χ3v) is 6.25. The summed E-state index contributed by atoms with van der Waals surface area (Å²) in [6.45, 7) is 3.89. The SMILES string of the molecule is CCn1c(CC[C@@H]2CCCN2C(=O)Cc2ccccc2)cc2ccc(C(=N)N)cc21. The topological polar surface area (TPSA) is 75.1 Å². The molecule has 3 N–H and O–H groups in total. The predicted octanol–water partition coefficient (Wildman–Crippen LogP) is 4.11. The molecule has 30 heavy (non-hydrogen) atoms. The van der Waals surface area contributed by atoms with Crippen LogP contribution in [0.2, 0.25) is 0 Å². The summed E-state index contributed by atoms with van der Waals surface area (Å²) in [4.78, 5) is 15.0. The highest BCUT2D eigenvalue weighted by atomic mass is 16.2. The standard InChI is InChI=1S/C25H30N4O/c1-2-28-22(16-19-10-11-20(25(26)27)17-23(19)28)13-12-21-9-6-14-29(21)24(30)15-18-7-4-3-5-8-18/h3-5,7-8,10-11,16-17,21H,2,6,9,12-15H2,1H3,(H3,26,27)/t21-/m0/s1. The number of nitrogen functional groups attached to an aromatic ring is 1. The van der Waals surface area contributed by atoms with Gasteiger partial charge < -0.3 is 15.2 Å². The number of nitrogens with zero attached hydrogens (tertiary/aromatic N) is 2. The molecule has 0 aliphatic carbocycles. The van der Waals surface area contributed by atoms with Crippen molar-refractivity contribution in [3.05, 3.63) is 71.4 Å². The molecule has 0 spiro atoms. The van der Waals surface area contributed by atoms with Crippen molar-refractivity contribution in [3.63, 3.8) is 0 Å². The maximum absolute atomic E-state index is 12.9. The molecule has 0 radical (unpaired) electrons. The minimum atomic E-state index is 0.0980. The number of benzene rings is 2. The van der Waals surface area contributed by atoms with Crippen molar-refractivity contribution in [2.24, 2.45) is 5.73 Å². The number of aryl methyl sites for hydroxylation is 2. The molecule has 1 aromatic heterocycles. The van der Waals surface area contributed by atoms with Crippen LogP contribution < -0.4 is 5.73 Å². The van der Waals surface area contributed by atoms with Gasteiger partial charge in [0.05, 0.1) is 6.42 Å². The summed E-state index contributed by atoms with van der Waals surface area (Å²) in [5.41, 5.74) is 9.94. The van der Waals surface area contributed by atoms with Crippen LogP contribution in [0.3, 0.4) is 0 Å². The lowest BCUT2D eigenvalue weighted by Gasteiger charge is -2.25. The maximum Gasteiger partial charge on any atom is 0.227 e. The van der Waals surface area contributed by atoms with Gasteiger partial charge in [-0.1, -0.05) is 42.5 Å². The van der Waals surface area contributed by atoms with Crippen molar-refractivity contribution in [1.82, 2.24) is 9.47 Å². The first-order valence-electron chi connectivity index (χ1n) is 10.9. The fraction of sp³-hybridized carbons (Fsp3) is 0.360. The molecule has 2 aromatic carbocycles. The molecule has 4 rings (SSSR count). The quantitative estimate of drug-likeness (QED) is 0.461. The van der Waals surface area contributed by atoms with Gasteiger partial charge in [0.15, 0.2) is 0 Å². The molecule has 1 atom stereocenters. The number of amidine groups is 1. The summed E-state index contributed by atoms with van der Waals surface area (Å²) in [6.07, 6.45) is 4.58. The molecule has 1 saturated heterocycles.